The van der Waals surface area contributed by atoms with Crippen LogP contribution in [-0.4, -0.2) is 30.1 Å². The average Bonchev–Trinajstić information content (AvgIpc) is 3.13. The van der Waals surface area contributed by atoms with Crippen molar-refractivity contribution < 1.29 is 27.5 Å². The molecule has 0 aliphatic heterocycles. The van der Waals surface area contributed by atoms with Gasteiger partial charge in [0.1, 0.15) is 22.2 Å². The molecule has 3 rings (SSSR count). The van der Waals surface area contributed by atoms with Gasteiger partial charge in [0.15, 0.2) is 0 Å². The zero-order valence-electron chi connectivity index (χ0n) is 15.4. The van der Waals surface area contributed by atoms with E-state index in [-0.39, 0.29) is 17.7 Å². The Balaban J connectivity index is 2.20. The van der Waals surface area contributed by atoms with Crippen molar-refractivity contribution in [2.24, 2.45) is 0 Å². The molecule has 0 atom stereocenters. The Kier molecular flexibility index (Phi) is 5.01. The summed E-state index contributed by atoms with van der Waals surface area (Å²) in [5.41, 5.74) is 1.10. The Morgan fingerprint density at radius 3 is 2.59 bits per heavy atom. The van der Waals surface area contributed by atoms with Gasteiger partial charge in [-0.2, -0.15) is 0 Å². The van der Waals surface area contributed by atoms with Crippen molar-refractivity contribution >= 4 is 26.9 Å². The van der Waals surface area contributed by atoms with Crippen LogP contribution in [0.1, 0.15) is 30.4 Å². The second-order valence-corrected chi connectivity index (χ2v) is 8.02. The number of hydrogen-bond acceptors (Lipinski definition) is 5. The van der Waals surface area contributed by atoms with E-state index in [0.29, 0.717) is 40.3 Å². The standard InChI is InChI=1S/C19H21NO6S/c1-4-25-15-6-7-17-16(10-15)14(5-8-19(21)22)11-20(17)27(23,24)18-9-12(2)26-13(18)3/h6-7,9-11H,4-5,8H2,1-3H3,(H,21,22). The number of carboxylic acids is 1. The summed E-state index contributed by atoms with van der Waals surface area (Å²) in [5, 5.41) is 9.66. The van der Waals surface area contributed by atoms with Gasteiger partial charge in [0.2, 0.25) is 0 Å². The Labute approximate surface area is 157 Å². The number of aryl methyl sites for hydroxylation is 3. The number of ether oxygens (including phenoxy) is 1. The predicted molar refractivity (Wildman–Crippen MR) is 99.8 cm³/mol. The summed E-state index contributed by atoms with van der Waals surface area (Å²) in [6, 6.07) is 6.61. The first kappa shape index (κ1) is 19.0. The van der Waals surface area contributed by atoms with E-state index in [0.717, 1.165) is 0 Å². The molecule has 0 bridgehead atoms. The molecular formula is C19H21NO6S. The lowest BCUT2D eigenvalue weighted by molar-refractivity contribution is -0.136. The molecule has 0 radical (unpaired) electrons. The van der Waals surface area contributed by atoms with E-state index < -0.39 is 16.0 Å². The van der Waals surface area contributed by atoms with Gasteiger partial charge in [0.25, 0.3) is 10.0 Å². The van der Waals surface area contributed by atoms with Gasteiger partial charge >= 0.3 is 5.97 Å². The molecule has 0 aliphatic carbocycles. The van der Waals surface area contributed by atoms with Crippen LogP contribution in [0.4, 0.5) is 0 Å². The normalized spacial score (nSPS) is 11.8. The highest BCUT2D eigenvalue weighted by molar-refractivity contribution is 7.90. The van der Waals surface area contributed by atoms with E-state index in [9.17, 15) is 13.2 Å². The van der Waals surface area contributed by atoms with Crippen LogP contribution in [0.2, 0.25) is 0 Å². The maximum atomic E-state index is 13.2. The Morgan fingerprint density at radius 1 is 1.26 bits per heavy atom. The van der Waals surface area contributed by atoms with E-state index in [2.05, 4.69) is 0 Å². The van der Waals surface area contributed by atoms with Crippen molar-refractivity contribution in [3.05, 3.63) is 47.5 Å². The van der Waals surface area contributed by atoms with Gasteiger partial charge in [-0.25, -0.2) is 12.4 Å². The third-order valence-corrected chi connectivity index (χ3v) is 6.06. The predicted octanol–water partition coefficient (Wildman–Crippen LogP) is 3.50. The van der Waals surface area contributed by atoms with Gasteiger partial charge in [0, 0.05) is 24.1 Å². The van der Waals surface area contributed by atoms with Gasteiger partial charge in [-0.15, -0.1) is 0 Å². The number of nitrogens with zero attached hydrogens (tertiary/aromatic N) is 1. The summed E-state index contributed by atoms with van der Waals surface area (Å²) in [5.74, 6) is 0.479. The second-order valence-electron chi connectivity index (χ2n) is 6.24. The molecular weight excluding hydrogens is 370 g/mol. The van der Waals surface area contributed by atoms with Crippen molar-refractivity contribution in [1.82, 2.24) is 3.97 Å². The molecule has 1 aromatic carbocycles. The minimum absolute atomic E-state index is 0.0931. The lowest BCUT2D eigenvalue weighted by Gasteiger charge is -2.07. The zero-order valence-corrected chi connectivity index (χ0v) is 16.2. The molecule has 0 aliphatic rings. The molecule has 144 valence electrons. The lowest BCUT2D eigenvalue weighted by atomic mass is 10.1. The Hall–Kier alpha value is -2.74. The molecule has 0 unspecified atom stereocenters. The highest BCUT2D eigenvalue weighted by Gasteiger charge is 2.26. The van der Waals surface area contributed by atoms with Gasteiger partial charge < -0.3 is 14.3 Å². The van der Waals surface area contributed by atoms with Crippen LogP contribution in [0.3, 0.4) is 0 Å². The van der Waals surface area contributed by atoms with Crippen LogP contribution >= 0.6 is 0 Å². The van der Waals surface area contributed by atoms with Gasteiger partial charge in [-0.1, -0.05) is 0 Å². The Morgan fingerprint density at radius 2 is 2.00 bits per heavy atom. The summed E-state index contributed by atoms with van der Waals surface area (Å²) >= 11 is 0. The summed E-state index contributed by atoms with van der Waals surface area (Å²) in [6.07, 6.45) is 1.61. The number of benzene rings is 1. The molecule has 3 aromatic rings. The summed E-state index contributed by atoms with van der Waals surface area (Å²) < 4.78 is 38.5. The molecule has 1 N–H and O–H groups in total. The molecule has 0 spiro atoms. The molecule has 2 aromatic heterocycles. The number of rotatable bonds is 7. The number of furan rings is 1. The summed E-state index contributed by atoms with van der Waals surface area (Å²) in [6.45, 7) is 5.62. The number of carbonyl (C=O) groups is 1. The zero-order chi connectivity index (χ0) is 19.8. The van der Waals surface area contributed by atoms with E-state index in [1.807, 2.05) is 6.92 Å². The SMILES string of the molecule is CCOc1ccc2c(c1)c(CCC(=O)O)cn2S(=O)(=O)c1cc(C)oc1C. The summed E-state index contributed by atoms with van der Waals surface area (Å²) in [7, 11) is -3.88. The van der Waals surface area contributed by atoms with Crippen LogP contribution in [-0.2, 0) is 21.2 Å². The number of fused-ring (bicyclic) bond motifs is 1. The maximum absolute atomic E-state index is 13.2. The fourth-order valence-corrected chi connectivity index (χ4v) is 4.73. The minimum atomic E-state index is -3.88. The van der Waals surface area contributed by atoms with E-state index in [4.69, 9.17) is 14.3 Å². The molecule has 0 amide bonds. The molecule has 0 saturated carbocycles. The first-order valence-electron chi connectivity index (χ1n) is 8.55. The smallest absolute Gasteiger partial charge is 0.303 e. The number of hydrogen-bond donors (Lipinski definition) is 1. The highest BCUT2D eigenvalue weighted by atomic mass is 32.2. The van der Waals surface area contributed by atoms with Gasteiger partial charge in [-0.3, -0.25) is 4.79 Å². The molecule has 27 heavy (non-hydrogen) atoms. The van der Waals surface area contributed by atoms with Crippen molar-refractivity contribution in [3.63, 3.8) is 0 Å². The topological polar surface area (TPSA) is 98.7 Å². The van der Waals surface area contributed by atoms with E-state index in [1.54, 1.807) is 32.0 Å². The monoisotopic (exact) mass is 391 g/mol. The van der Waals surface area contributed by atoms with Crippen molar-refractivity contribution in [1.29, 1.82) is 0 Å². The van der Waals surface area contributed by atoms with E-state index >= 15 is 0 Å². The quantitative estimate of drug-likeness (QED) is 0.662. The third-order valence-electron chi connectivity index (χ3n) is 4.28. The molecule has 8 heteroatoms. The number of aromatic nitrogens is 1. The fraction of sp³-hybridized carbons (Fsp3) is 0.316. The Bertz CT molecular complexity index is 1110. The van der Waals surface area contributed by atoms with Gasteiger partial charge in [0.05, 0.1) is 12.1 Å². The highest BCUT2D eigenvalue weighted by Crippen LogP contribution is 2.31. The fourth-order valence-electron chi connectivity index (χ4n) is 3.11. The molecule has 7 nitrogen and oxygen atoms in total. The van der Waals surface area contributed by atoms with Crippen molar-refractivity contribution in [3.8, 4) is 5.75 Å². The molecule has 0 saturated heterocycles. The van der Waals surface area contributed by atoms with E-state index in [1.165, 1.54) is 16.2 Å². The first-order chi connectivity index (χ1) is 12.7. The maximum Gasteiger partial charge on any atom is 0.303 e. The van der Waals surface area contributed by atoms with Crippen molar-refractivity contribution in [2.45, 2.75) is 38.5 Å². The summed E-state index contributed by atoms with van der Waals surface area (Å²) in [4.78, 5) is 11.1. The molecule has 2 heterocycles. The molecule has 0 fully saturated rings. The van der Waals surface area contributed by atoms with Crippen LogP contribution in [0.25, 0.3) is 10.9 Å². The second kappa shape index (κ2) is 7.11. The van der Waals surface area contributed by atoms with Crippen LogP contribution in [0.5, 0.6) is 5.75 Å². The lowest BCUT2D eigenvalue weighted by Crippen LogP contribution is -2.12. The number of aliphatic carboxylic acids is 1. The largest absolute Gasteiger partial charge is 0.494 e. The average molecular weight is 391 g/mol. The third kappa shape index (κ3) is 3.57. The number of carboxylic acid groups (broad SMARTS) is 1. The van der Waals surface area contributed by atoms with Crippen LogP contribution < -0.4 is 4.74 Å². The van der Waals surface area contributed by atoms with Crippen LogP contribution in [0, 0.1) is 13.8 Å². The van der Waals surface area contributed by atoms with Gasteiger partial charge in [-0.05, 0) is 51.0 Å². The van der Waals surface area contributed by atoms with Crippen LogP contribution in [0.15, 0.2) is 39.8 Å². The first-order valence-corrected chi connectivity index (χ1v) is 9.99. The van der Waals surface area contributed by atoms with Crippen molar-refractivity contribution in [2.75, 3.05) is 6.61 Å². The minimum Gasteiger partial charge on any atom is -0.494 e.